The zero-order chi connectivity index (χ0) is 23.2. The van der Waals surface area contributed by atoms with Gasteiger partial charge in [-0.05, 0) is 42.0 Å². The van der Waals surface area contributed by atoms with Crippen LogP contribution < -0.4 is 10.1 Å². The molecule has 1 heterocycles. The number of thioether (sulfide) groups is 1. The van der Waals surface area contributed by atoms with Crippen LogP contribution in [0.2, 0.25) is 5.02 Å². The number of allylic oxidation sites excluding steroid dienone is 1. The fourth-order valence-corrected chi connectivity index (χ4v) is 4.32. The number of anilines is 1. The number of rotatable bonds is 9. The lowest BCUT2D eigenvalue weighted by molar-refractivity contribution is -0.113. The van der Waals surface area contributed by atoms with E-state index in [2.05, 4.69) is 22.1 Å². The van der Waals surface area contributed by atoms with Gasteiger partial charge >= 0.3 is 0 Å². The fourth-order valence-electron chi connectivity index (χ4n) is 3.39. The lowest BCUT2D eigenvalue weighted by atomic mass is 10.1. The zero-order valence-corrected chi connectivity index (χ0v) is 19.6. The minimum absolute atomic E-state index is 0.120. The number of carbonyl (C=O) groups is 1. The van der Waals surface area contributed by atoms with Crippen LogP contribution in [0.25, 0.3) is 10.8 Å². The molecule has 3 aromatic carbocycles. The number of ether oxygens (including phenoxy) is 1. The molecule has 33 heavy (non-hydrogen) atoms. The molecule has 1 N–H and O–H groups in total. The standard InChI is InChI=1S/C25H23ClN4O2S/c1-3-14-30-24(17(2)32-22-11-7-6-10-21(22)26)28-29-25(30)33-16-23(31)27-20-13-12-18-8-4-5-9-19(18)15-20/h3-13,15,17H,1,14,16H2,2H3,(H,27,31). The maximum absolute atomic E-state index is 12.6. The molecule has 1 atom stereocenters. The van der Waals surface area contributed by atoms with E-state index in [9.17, 15) is 4.79 Å². The van der Waals surface area contributed by atoms with Crippen molar-refractivity contribution in [1.82, 2.24) is 14.8 Å². The van der Waals surface area contributed by atoms with Crippen molar-refractivity contribution >= 4 is 45.7 Å². The van der Waals surface area contributed by atoms with Crippen molar-refractivity contribution in [2.75, 3.05) is 11.1 Å². The number of hydrogen-bond acceptors (Lipinski definition) is 5. The van der Waals surface area contributed by atoms with Gasteiger partial charge in [0.15, 0.2) is 17.1 Å². The van der Waals surface area contributed by atoms with Gasteiger partial charge < -0.3 is 10.1 Å². The third-order valence-electron chi connectivity index (χ3n) is 4.93. The normalized spacial score (nSPS) is 11.8. The number of nitrogens with zero attached hydrogens (tertiary/aromatic N) is 3. The van der Waals surface area contributed by atoms with E-state index >= 15 is 0 Å². The number of aromatic nitrogens is 3. The highest BCUT2D eigenvalue weighted by Crippen LogP contribution is 2.29. The predicted octanol–water partition coefficient (Wildman–Crippen LogP) is 6.14. The Morgan fingerprint density at radius 3 is 2.70 bits per heavy atom. The maximum Gasteiger partial charge on any atom is 0.234 e. The fraction of sp³-hybridized carbons (Fsp3) is 0.160. The summed E-state index contributed by atoms with van der Waals surface area (Å²) in [6.45, 7) is 6.20. The Morgan fingerprint density at radius 1 is 1.15 bits per heavy atom. The average Bonchev–Trinajstić information content (AvgIpc) is 3.22. The number of para-hydroxylation sites is 1. The van der Waals surface area contributed by atoms with Crippen LogP contribution in [-0.4, -0.2) is 26.4 Å². The lowest BCUT2D eigenvalue weighted by Gasteiger charge is -2.16. The summed E-state index contributed by atoms with van der Waals surface area (Å²) in [7, 11) is 0. The predicted molar refractivity (Wildman–Crippen MR) is 134 cm³/mol. The Kier molecular flexibility index (Phi) is 7.32. The summed E-state index contributed by atoms with van der Waals surface area (Å²) in [4.78, 5) is 12.6. The molecule has 0 aliphatic heterocycles. The smallest absolute Gasteiger partial charge is 0.234 e. The van der Waals surface area contributed by atoms with E-state index in [0.717, 1.165) is 16.5 Å². The molecule has 6 nitrogen and oxygen atoms in total. The second kappa shape index (κ2) is 10.6. The number of fused-ring (bicyclic) bond motifs is 1. The SMILES string of the molecule is C=CCn1c(SCC(=O)Nc2ccc3ccccc3c2)nnc1C(C)Oc1ccccc1Cl. The van der Waals surface area contributed by atoms with Crippen LogP contribution in [0.15, 0.2) is 84.5 Å². The van der Waals surface area contributed by atoms with Crippen molar-refractivity contribution in [1.29, 1.82) is 0 Å². The van der Waals surface area contributed by atoms with Crippen molar-refractivity contribution in [3.05, 3.63) is 90.2 Å². The van der Waals surface area contributed by atoms with Crippen LogP contribution in [0.5, 0.6) is 5.75 Å². The van der Waals surface area contributed by atoms with Gasteiger partial charge in [-0.3, -0.25) is 9.36 Å². The molecule has 4 rings (SSSR count). The maximum atomic E-state index is 12.6. The summed E-state index contributed by atoms with van der Waals surface area (Å²) in [5, 5.41) is 14.9. The summed E-state index contributed by atoms with van der Waals surface area (Å²) in [6, 6.07) is 21.2. The van der Waals surface area contributed by atoms with E-state index in [-0.39, 0.29) is 11.7 Å². The second-order valence-corrected chi connectivity index (χ2v) is 8.68. The highest BCUT2D eigenvalue weighted by molar-refractivity contribution is 7.99. The van der Waals surface area contributed by atoms with Gasteiger partial charge in [0.2, 0.25) is 5.91 Å². The first-order valence-corrected chi connectivity index (χ1v) is 11.8. The van der Waals surface area contributed by atoms with Crippen LogP contribution in [0.3, 0.4) is 0 Å². The Labute approximate surface area is 201 Å². The van der Waals surface area contributed by atoms with Gasteiger partial charge in [0.05, 0.1) is 10.8 Å². The Balaban J connectivity index is 1.43. The highest BCUT2D eigenvalue weighted by atomic mass is 35.5. The highest BCUT2D eigenvalue weighted by Gasteiger charge is 2.20. The van der Waals surface area contributed by atoms with E-state index in [4.69, 9.17) is 16.3 Å². The molecular formula is C25H23ClN4O2S. The van der Waals surface area contributed by atoms with E-state index in [1.165, 1.54) is 11.8 Å². The summed E-state index contributed by atoms with van der Waals surface area (Å²) < 4.78 is 7.88. The van der Waals surface area contributed by atoms with Gasteiger partial charge in [-0.1, -0.05) is 71.9 Å². The molecular weight excluding hydrogens is 456 g/mol. The summed E-state index contributed by atoms with van der Waals surface area (Å²) in [5.74, 6) is 1.28. The molecule has 8 heteroatoms. The molecule has 0 fully saturated rings. The molecule has 0 spiro atoms. The molecule has 0 saturated heterocycles. The molecule has 0 aliphatic rings. The molecule has 0 radical (unpaired) electrons. The molecule has 168 valence electrons. The summed E-state index contributed by atoms with van der Waals surface area (Å²) >= 11 is 7.53. The molecule has 0 bridgehead atoms. The van der Waals surface area contributed by atoms with Crippen LogP contribution in [0, 0.1) is 0 Å². The van der Waals surface area contributed by atoms with E-state index in [0.29, 0.717) is 28.3 Å². The quantitative estimate of drug-likeness (QED) is 0.231. The minimum Gasteiger partial charge on any atom is -0.481 e. The van der Waals surface area contributed by atoms with Gasteiger partial charge in [-0.2, -0.15) is 0 Å². The lowest BCUT2D eigenvalue weighted by Crippen LogP contribution is -2.15. The third-order valence-corrected chi connectivity index (χ3v) is 6.21. The molecule has 1 unspecified atom stereocenters. The number of carbonyl (C=O) groups excluding carboxylic acids is 1. The first kappa shape index (κ1) is 22.9. The van der Waals surface area contributed by atoms with Gasteiger partial charge in [0, 0.05) is 12.2 Å². The molecule has 4 aromatic rings. The van der Waals surface area contributed by atoms with Gasteiger partial charge in [-0.25, -0.2) is 0 Å². The average molecular weight is 479 g/mol. The molecule has 1 aromatic heterocycles. The van der Waals surface area contributed by atoms with E-state index in [1.807, 2.05) is 66.1 Å². The molecule has 0 saturated carbocycles. The summed E-state index contributed by atoms with van der Waals surface area (Å²) in [6.07, 6.45) is 1.37. The van der Waals surface area contributed by atoms with E-state index in [1.54, 1.807) is 18.2 Å². The van der Waals surface area contributed by atoms with Crippen molar-refractivity contribution in [2.45, 2.75) is 24.7 Å². The Bertz CT molecular complexity index is 1290. The monoisotopic (exact) mass is 478 g/mol. The van der Waals surface area contributed by atoms with Crippen molar-refractivity contribution in [2.24, 2.45) is 0 Å². The topological polar surface area (TPSA) is 69.0 Å². The van der Waals surface area contributed by atoms with Gasteiger partial charge in [-0.15, -0.1) is 16.8 Å². The Morgan fingerprint density at radius 2 is 1.91 bits per heavy atom. The number of benzene rings is 3. The summed E-state index contributed by atoms with van der Waals surface area (Å²) in [5.41, 5.74) is 0.759. The van der Waals surface area contributed by atoms with Crippen molar-refractivity contribution < 1.29 is 9.53 Å². The number of halogens is 1. The number of amides is 1. The van der Waals surface area contributed by atoms with E-state index < -0.39 is 6.10 Å². The number of nitrogens with one attached hydrogen (secondary N) is 1. The minimum atomic E-state index is -0.391. The van der Waals surface area contributed by atoms with Crippen molar-refractivity contribution in [3.63, 3.8) is 0 Å². The molecule has 1 amide bonds. The number of hydrogen-bond donors (Lipinski definition) is 1. The second-order valence-electron chi connectivity index (χ2n) is 7.33. The van der Waals surface area contributed by atoms with Crippen LogP contribution in [0.4, 0.5) is 5.69 Å². The Hall–Kier alpha value is -3.29. The largest absolute Gasteiger partial charge is 0.481 e. The van der Waals surface area contributed by atoms with Crippen LogP contribution >= 0.6 is 23.4 Å². The van der Waals surface area contributed by atoms with Gasteiger partial charge in [0.25, 0.3) is 0 Å². The third kappa shape index (κ3) is 5.56. The van der Waals surface area contributed by atoms with Gasteiger partial charge in [0.1, 0.15) is 5.75 Å². The van der Waals surface area contributed by atoms with Crippen molar-refractivity contribution in [3.8, 4) is 5.75 Å². The van der Waals surface area contributed by atoms with Crippen LogP contribution in [-0.2, 0) is 11.3 Å². The first-order valence-electron chi connectivity index (χ1n) is 10.4. The first-order chi connectivity index (χ1) is 16.0. The zero-order valence-electron chi connectivity index (χ0n) is 18.1. The van der Waals surface area contributed by atoms with Crippen LogP contribution in [0.1, 0.15) is 18.9 Å². The molecule has 0 aliphatic carbocycles.